The van der Waals surface area contributed by atoms with Crippen molar-refractivity contribution in [2.45, 2.75) is 39.0 Å². The fourth-order valence-electron chi connectivity index (χ4n) is 3.05. The van der Waals surface area contributed by atoms with Crippen molar-refractivity contribution in [1.82, 2.24) is 4.90 Å². The number of likely N-dealkylation sites (tertiary alicyclic amines) is 1. The molecular weight excluding hydrogens is 260 g/mol. The van der Waals surface area contributed by atoms with Crippen LogP contribution in [0, 0.1) is 11.3 Å². The van der Waals surface area contributed by atoms with Gasteiger partial charge in [0.25, 0.3) is 0 Å². The molecule has 2 saturated heterocycles. The number of carbonyl (C=O) groups is 1. The summed E-state index contributed by atoms with van der Waals surface area (Å²) in [6.07, 6.45) is 4.62. The maximum Gasteiger partial charge on any atom is 0.235 e. The molecule has 0 aliphatic carbocycles. The molecule has 2 fully saturated rings. The van der Waals surface area contributed by atoms with Gasteiger partial charge in [0.05, 0.1) is 4.99 Å². The first-order valence-corrected chi connectivity index (χ1v) is 7.64. The lowest BCUT2D eigenvalue weighted by atomic mass is 9.78. The largest absolute Gasteiger partial charge is 0.392 e. The zero-order valence-electron chi connectivity index (χ0n) is 11.7. The van der Waals surface area contributed by atoms with Gasteiger partial charge in [-0.3, -0.25) is 4.79 Å². The van der Waals surface area contributed by atoms with E-state index in [2.05, 4.69) is 6.92 Å². The zero-order valence-corrected chi connectivity index (χ0v) is 12.5. The van der Waals surface area contributed by atoms with Crippen LogP contribution in [0.3, 0.4) is 0 Å². The molecule has 0 aromatic rings. The molecule has 1 unspecified atom stereocenters. The van der Waals surface area contributed by atoms with Gasteiger partial charge in [-0.05, 0) is 38.0 Å². The first-order valence-electron chi connectivity index (χ1n) is 7.23. The van der Waals surface area contributed by atoms with Gasteiger partial charge in [-0.25, -0.2) is 0 Å². The minimum absolute atomic E-state index is 0.136. The highest BCUT2D eigenvalue weighted by atomic mass is 32.1. The molecule has 0 radical (unpaired) electrons. The second-order valence-corrected chi connectivity index (χ2v) is 6.33. The number of hydrogen-bond donors (Lipinski definition) is 1. The molecule has 1 atom stereocenters. The van der Waals surface area contributed by atoms with Crippen LogP contribution in [0.5, 0.6) is 0 Å². The third-order valence-corrected chi connectivity index (χ3v) is 4.92. The second-order valence-electron chi connectivity index (χ2n) is 5.89. The number of rotatable bonds is 2. The summed E-state index contributed by atoms with van der Waals surface area (Å²) >= 11 is 5.20. The number of hydrogen-bond acceptors (Lipinski definition) is 3. The van der Waals surface area contributed by atoms with E-state index < -0.39 is 5.41 Å². The Bertz CT molecular complexity index is 353. The van der Waals surface area contributed by atoms with Gasteiger partial charge in [0.2, 0.25) is 5.91 Å². The Labute approximate surface area is 120 Å². The fraction of sp³-hybridized carbons (Fsp3) is 0.857. The van der Waals surface area contributed by atoms with Crippen LogP contribution in [0.15, 0.2) is 0 Å². The smallest absolute Gasteiger partial charge is 0.235 e. The second kappa shape index (κ2) is 6.18. The molecule has 0 aromatic heterocycles. The quantitative estimate of drug-likeness (QED) is 0.785. The summed E-state index contributed by atoms with van der Waals surface area (Å²) in [5.41, 5.74) is 5.25. The molecule has 2 rings (SSSR count). The molecule has 0 spiro atoms. The number of thiocarbonyl (C=S) groups is 1. The molecule has 2 N–H and O–H groups in total. The summed E-state index contributed by atoms with van der Waals surface area (Å²) in [5.74, 6) is 0.839. The molecule has 19 heavy (non-hydrogen) atoms. The number of nitrogens with two attached hydrogens (primary N) is 1. The van der Waals surface area contributed by atoms with Crippen LogP contribution in [-0.2, 0) is 9.53 Å². The molecule has 2 heterocycles. The summed E-state index contributed by atoms with van der Waals surface area (Å²) in [5, 5.41) is 0. The topological polar surface area (TPSA) is 55.6 Å². The molecule has 0 aromatic carbocycles. The first-order chi connectivity index (χ1) is 9.06. The van der Waals surface area contributed by atoms with Crippen molar-refractivity contribution in [3.8, 4) is 0 Å². The van der Waals surface area contributed by atoms with Crippen LogP contribution in [0.4, 0.5) is 0 Å². The van der Waals surface area contributed by atoms with E-state index >= 15 is 0 Å². The highest BCUT2D eigenvalue weighted by molar-refractivity contribution is 7.80. The maximum absolute atomic E-state index is 12.9. The van der Waals surface area contributed by atoms with Crippen LogP contribution in [0.25, 0.3) is 0 Å². The molecule has 1 amide bonds. The van der Waals surface area contributed by atoms with E-state index in [1.165, 1.54) is 6.42 Å². The Morgan fingerprint density at radius 3 is 2.63 bits per heavy atom. The highest BCUT2D eigenvalue weighted by Gasteiger charge is 2.45. The van der Waals surface area contributed by atoms with Gasteiger partial charge < -0.3 is 15.4 Å². The van der Waals surface area contributed by atoms with Crippen molar-refractivity contribution in [2.75, 3.05) is 26.3 Å². The van der Waals surface area contributed by atoms with E-state index in [1.807, 2.05) is 4.90 Å². The molecule has 108 valence electrons. The Kier molecular flexibility index (Phi) is 4.79. The van der Waals surface area contributed by atoms with E-state index in [9.17, 15) is 4.79 Å². The van der Waals surface area contributed by atoms with E-state index in [4.69, 9.17) is 22.7 Å². The predicted molar refractivity (Wildman–Crippen MR) is 78.9 cm³/mol. The average molecular weight is 284 g/mol. The number of carbonyl (C=O) groups excluding carboxylic acids is 1. The predicted octanol–water partition coefficient (Wildman–Crippen LogP) is 1.72. The van der Waals surface area contributed by atoms with Crippen molar-refractivity contribution in [3.63, 3.8) is 0 Å². The summed E-state index contributed by atoms with van der Waals surface area (Å²) in [4.78, 5) is 15.2. The molecule has 0 saturated carbocycles. The van der Waals surface area contributed by atoms with Gasteiger partial charge in [0, 0.05) is 26.3 Å². The van der Waals surface area contributed by atoms with Gasteiger partial charge in [-0.15, -0.1) is 0 Å². The Hall–Kier alpha value is -0.680. The van der Waals surface area contributed by atoms with E-state index in [1.54, 1.807) is 0 Å². The molecule has 5 heteroatoms. The number of nitrogens with zero attached hydrogens (tertiary/aromatic N) is 1. The first kappa shape index (κ1) is 14.7. The zero-order chi connectivity index (χ0) is 13.9. The minimum Gasteiger partial charge on any atom is -0.392 e. The third-order valence-electron chi connectivity index (χ3n) is 4.53. The molecule has 4 nitrogen and oxygen atoms in total. The van der Waals surface area contributed by atoms with Crippen molar-refractivity contribution in [1.29, 1.82) is 0 Å². The SMILES string of the molecule is CC1CCCN(C(=O)C2(C(N)=S)CCOCC2)CC1. The lowest BCUT2D eigenvalue weighted by Crippen LogP contribution is -2.53. The van der Waals surface area contributed by atoms with Crippen LogP contribution in [0.1, 0.15) is 39.0 Å². The molecule has 2 aliphatic rings. The van der Waals surface area contributed by atoms with Gasteiger partial charge in [-0.1, -0.05) is 19.1 Å². The lowest BCUT2D eigenvalue weighted by Gasteiger charge is -2.38. The monoisotopic (exact) mass is 284 g/mol. The molecule has 2 aliphatic heterocycles. The van der Waals surface area contributed by atoms with E-state index in [0.717, 1.165) is 25.9 Å². The Morgan fingerprint density at radius 1 is 1.32 bits per heavy atom. The van der Waals surface area contributed by atoms with E-state index in [0.29, 0.717) is 37.0 Å². The fourth-order valence-corrected chi connectivity index (χ4v) is 3.35. The number of amides is 1. The van der Waals surface area contributed by atoms with Gasteiger partial charge in [0.15, 0.2) is 0 Å². The summed E-state index contributed by atoms with van der Waals surface area (Å²) < 4.78 is 5.37. The van der Waals surface area contributed by atoms with Crippen LogP contribution in [0.2, 0.25) is 0 Å². The molecular formula is C14H24N2O2S. The van der Waals surface area contributed by atoms with Crippen molar-refractivity contribution < 1.29 is 9.53 Å². The average Bonchev–Trinajstić information content (AvgIpc) is 2.63. The summed E-state index contributed by atoms with van der Waals surface area (Å²) in [7, 11) is 0. The van der Waals surface area contributed by atoms with Gasteiger partial charge in [0.1, 0.15) is 5.41 Å². The number of ether oxygens (including phenoxy) is 1. The third kappa shape index (κ3) is 3.08. The summed E-state index contributed by atoms with van der Waals surface area (Å²) in [6.45, 7) is 5.09. The standard InChI is InChI=1S/C14H24N2O2S/c1-11-3-2-7-16(8-4-11)13(17)14(12(15)19)5-9-18-10-6-14/h11H,2-10H2,1H3,(H2,15,19). The lowest BCUT2D eigenvalue weighted by molar-refractivity contribution is -0.142. The summed E-state index contributed by atoms with van der Waals surface area (Å²) in [6, 6.07) is 0. The van der Waals surface area contributed by atoms with E-state index in [-0.39, 0.29) is 5.91 Å². The minimum atomic E-state index is -0.652. The van der Waals surface area contributed by atoms with Crippen LogP contribution >= 0.6 is 12.2 Å². The highest BCUT2D eigenvalue weighted by Crippen LogP contribution is 2.34. The van der Waals surface area contributed by atoms with Crippen LogP contribution in [-0.4, -0.2) is 42.1 Å². The molecule has 0 bridgehead atoms. The Morgan fingerprint density at radius 2 is 2.00 bits per heavy atom. The van der Waals surface area contributed by atoms with Crippen molar-refractivity contribution in [2.24, 2.45) is 17.1 Å². The normalized spacial score (nSPS) is 27.6. The van der Waals surface area contributed by atoms with Crippen molar-refractivity contribution in [3.05, 3.63) is 0 Å². The Balaban J connectivity index is 2.12. The van der Waals surface area contributed by atoms with Crippen molar-refractivity contribution >= 4 is 23.1 Å². The van der Waals surface area contributed by atoms with Gasteiger partial charge in [-0.2, -0.15) is 0 Å². The van der Waals surface area contributed by atoms with Gasteiger partial charge >= 0.3 is 0 Å². The van der Waals surface area contributed by atoms with Crippen LogP contribution < -0.4 is 5.73 Å². The maximum atomic E-state index is 12.9.